The van der Waals surface area contributed by atoms with Crippen LogP contribution in [-0.4, -0.2) is 30.9 Å². The number of nitrogens with one attached hydrogen (secondary N) is 1. The molecule has 0 aliphatic heterocycles. The third-order valence-electron chi connectivity index (χ3n) is 6.57. The molecule has 210 valence electrons. The fourth-order valence-electron chi connectivity index (χ4n) is 4.28. The van der Waals surface area contributed by atoms with Crippen molar-refractivity contribution in [3.05, 3.63) is 86.2 Å². The molecule has 10 heteroatoms. The molecule has 39 heavy (non-hydrogen) atoms. The Morgan fingerprint density at radius 3 is 2.41 bits per heavy atom. The lowest BCUT2D eigenvalue weighted by atomic mass is 9.99. The van der Waals surface area contributed by atoms with Gasteiger partial charge in [-0.15, -0.1) is 0 Å². The lowest BCUT2D eigenvalue weighted by Crippen LogP contribution is -2.34. The third kappa shape index (κ3) is 8.16. The fraction of sp³-hybridized carbons (Fsp3) is 0.414. The van der Waals surface area contributed by atoms with Crippen LogP contribution < -0.4 is 20.2 Å². The van der Waals surface area contributed by atoms with E-state index in [2.05, 4.69) is 11.9 Å². The first-order valence-electron chi connectivity index (χ1n) is 13.1. The largest absolute Gasteiger partial charge is 0.493 e. The number of carbonyl (C=O) groups excluding carboxylic acids is 1. The van der Waals surface area contributed by atoms with Crippen molar-refractivity contribution in [1.82, 2.24) is 9.55 Å². The quantitative estimate of drug-likeness (QED) is 0.226. The van der Waals surface area contributed by atoms with E-state index in [0.29, 0.717) is 18.4 Å². The molecule has 0 saturated carbocycles. The number of rotatable bonds is 14. The first-order valence-corrected chi connectivity index (χ1v) is 14.5. The maximum absolute atomic E-state index is 13.0. The van der Waals surface area contributed by atoms with E-state index < -0.39 is 21.4 Å². The summed E-state index contributed by atoms with van der Waals surface area (Å²) >= 11 is 0. The van der Waals surface area contributed by atoms with Crippen LogP contribution in [0.15, 0.2) is 63.1 Å². The van der Waals surface area contributed by atoms with E-state index in [1.54, 1.807) is 31.2 Å². The zero-order valence-electron chi connectivity index (χ0n) is 22.9. The van der Waals surface area contributed by atoms with Gasteiger partial charge in [0.2, 0.25) is 0 Å². The number of ketones is 1. The highest BCUT2D eigenvalue weighted by molar-refractivity contribution is 7.87. The summed E-state index contributed by atoms with van der Waals surface area (Å²) in [6.07, 6.45) is 5.84. The summed E-state index contributed by atoms with van der Waals surface area (Å²) in [7, 11) is -2.63. The second-order valence-corrected chi connectivity index (χ2v) is 11.3. The van der Waals surface area contributed by atoms with Gasteiger partial charge in [0.05, 0.1) is 7.11 Å². The molecular formula is C29H36N2O7S. The van der Waals surface area contributed by atoms with Crippen LogP contribution in [-0.2, 0) is 21.3 Å². The van der Waals surface area contributed by atoms with Crippen LogP contribution in [0.5, 0.6) is 11.5 Å². The smallest absolute Gasteiger partial charge is 0.339 e. The predicted octanol–water partition coefficient (Wildman–Crippen LogP) is 4.64. The summed E-state index contributed by atoms with van der Waals surface area (Å²) < 4.78 is 37.5. The van der Waals surface area contributed by atoms with Crippen LogP contribution in [0, 0.1) is 13.8 Å². The van der Waals surface area contributed by atoms with E-state index in [1.165, 1.54) is 36.1 Å². The van der Waals surface area contributed by atoms with Crippen molar-refractivity contribution in [3.8, 4) is 11.5 Å². The Hall–Kier alpha value is -3.66. The Balaban J connectivity index is 1.70. The molecule has 1 N–H and O–H groups in total. The first kappa shape index (κ1) is 29.9. The number of aromatic nitrogens is 2. The van der Waals surface area contributed by atoms with Crippen LogP contribution in [0.4, 0.5) is 0 Å². The molecule has 1 heterocycles. The summed E-state index contributed by atoms with van der Waals surface area (Å²) in [4.78, 5) is 39.6. The molecule has 0 spiro atoms. The van der Waals surface area contributed by atoms with Gasteiger partial charge < -0.3 is 8.92 Å². The van der Waals surface area contributed by atoms with E-state index in [9.17, 15) is 22.8 Å². The van der Waals surface area contributed by atoms with Crippen molar-refractivity contribution < 1.29 is 22.1 Å². The number of nitrogens with zero attached hydrogens (tertiary/aromatic N) is 1. The minimum absolute atomic E-state index is 0.0199. The van der Waals surface area contributed by atoms with Crippen LogP contribution in [0.2, 0.25) is 0 Å². The Morgan fingerprint density at radius 2 is 1.74 bits per heavy atom. The van der Waals surface area contributed by atoms with Gasteiger partial charge in [-0.25, -0.2) is 4.79 Å². The molecule has 0 fully saturated rings. The summed E-state index contributed by atoms with van der Waals surface area (Å²) in [5, 5.41) is 0. The molecule has 2 aromatic carbocycles. The number of H-pyrrole nitrogens is 1. The maximum Gasteiger partial charge on any atom is 0.339 e. The van der Waals surface area contributed by atoms with Gasteiger partial charge in [0, 0.05) is 30.6 Å². The molecule has 1 atom stereocenters. The zero-order chi connectivity index (χ0) is 28.6. The Labute approximate surface area is 228 Å². The number of hydrogen-bond acceptors (Lipinski definition) is 7. The van der Waals surface area contributed by atoms with Gasteiger partial charge in [-0.2, -0.15) is 8.42 Å². The standard InChI is InChI=1S/C29H36N2O7S/c1-5-6-7-8-23(31-19-21(3)28(33)30-29(31)34)18-24(32)13-11-22-12-16-26(27(17-22)37-4)38-39(35,36)25-14-9-20(2)10-15-25/h9-10,12,14-17,19,23H,5-8,11,13,18H2,1-4H3,(H,30,33,34). The van der Waals surface area contributed by atoms with Gasteiger partial charge in [-0.1, -0.05) is 49.9 Å². The van der Waals surface area contributed by atoms with Gasteiger partial charge in [0.1, 0.15) is 10.7 Å². The Morgan fingerprint density at radius 1 is 1.03 bits per heavy atom. The van der Waals surface area contributed by atoms with E-state index in [1.807, 2.05) is 6.92 Å². The average Bonchev–Trinajstić information content (AvgIpc) is 2.90. The fourth-order valence-corrected chi connectivity index (χ4v) is 5.22. The van der Waals surface area contributed by atoms with Crippen molar-refractivity contribution >= 4 is 15.9 Å². The van der Waals surface area contributed by atoms with Crippen molar-refractivity contribution in [1.29, 1.82) is 0 Å². The van der Waals surface area contributed by atoms with E-state index in [-0.39, 0.29) is 41.1 Å². The summed E-state index contributed by atoms with van der Waals surface area (Å²) in [6, 6.07) is 10.9. The van der Waals surface area contributed by atoms with Crippen LogP contribution >= 0.6 is 0 Å². The lowest BCUT2D eigenvalue weighted by Gasteiger charge is -2.19. The van der Waals surface area contributed by atoms with Crippen LogP contribution in [0.1, 0.15) is 68.2 Å². The molecular weight excluding hydrogens is 520 g/mol. The van der Waals surface area contributed by atoms with Gasteiger partial charge in [-0.05, 0) is 56.5 Å². The third-order valence-corrected chi connectivity index (χ3v) is 7.82. The molecule has 0 bridgehead atoms. The SMILES string of the molecule is CCCCCC(CC(=O)CCc1ccc(OS(=O)(=O)c2ccc(C)cc2)c(OC)c1)n1cc(C)c(=O)[nH]c1=O. The second kappa shape index (κ2) is 13.4. The molecule has 3 rings (SSSR count). The molecule has 9 nitrogen and oxygen atoms in total. The minimum atomic E-state index is -4.04. The van der Waals surface area contributed by atoms with Gasteiger partial charge in [0.25, 0.3) is 5.56 Å². The van der Waals surface area contributed by atoms with Crippen molar-refractivity contribution in [2.45, 2.75) is 76.7 Å². The van der Waals surface area contributed by atoms with Gasteiger partial charge in [-0.3, -0.25) is 19.1 Å². The molecule has 0 amide bonds. The summed E-state index contributed by atoms with van der Waals surface area (Å²) in [5.41, 5.74) is 1.18. The highest BCUT2D eigenvalue weighted by Crippen LogP contribution is 2.31. The molecule has 1 aromatic heterocycles. The van der Waals surface area contributed by atoms with Crippen LogP contribution in [0.3, 0.4) is 0 Å². The molecule has 0 aliphatic rings. The lowest BCUT2D eigenvalue weighted by molar-refractivity contribution is -0.119. The number of ether oxygens (including phenoxy) is 1. The zero-order valence-corrected chi connectivity index (χ0v) is 23.7. The molecule has 0 saturated heterocycles. The predicted molar refractivity (Wildman–Crippen MR) is 149 cm³/mol. The van der Waals surface area contributed by atoms with Gasteiger partial charge in [0.15, 0.2) is 11.5 Å². The second-order valence-electron chi connectivity index (χ2n) is 9.71. The first-order chi connectivity index (χ1) is 18.5. The number of aromatic amines is 1. The number of Topliss-reactive ketones (excluding diaryl/α,β-unsaturated/α-hetero) is 1. The summed E-state index contributed by atoms with van der Waals surface area (Å²) in [5.74, 6) is 0.272. The monoisotopic (exact) mass is 556 g/mol. The number of unbranched alkanes of at least 4 members (excludes halogenated alkanes) is 2. The number of aryl methyl sites for hydroxylation is 3. The Kier molecular flexibility index (Phi) is 10.3. The number of hydrogen-bond donors (Lipinski definition) is 1. The molecule has 3 aromatic rings. The Bertz CT molecular complexity index is 1510. The topological polar surface area (TPSA) is 125 Å². The molecule has 0 aliphatic carbocycles. The van der Waals surface area contributed by atoms with E-state index in [0.717, 1.165) is 30.4 Å². The highest BCUT2D eigenvalue weighted by Gasteiger charge is 2.21. The van der Waals surface area contributed by atoms with Crippen molar-refractivity contribution in [3.63, 3.8) is 0 Å². The molecule has 0 radical (unpaired) electrons. The normalized spacial score (nSPS) is 12.2. The molecule has 1 unspecified atom stereocenters. The van der Waals surface area contributed by atoms with Crippen molar-refractivity contribution in [2.24, 2.45) is 0 Å². The maximum atomic E-state index is 13.0. The number of carbonyl (C=O) groups is 1. The van der Waals surface area contributed by atoms with Crippen molar-refractivity contribution in [2.75, 3.05) is 7.11 Å². The van der Waals surface area contributed by atoms with Gasteiger partial charge >= 0.3 is 15.8 Å². The number of methoxy groups -OCH3 is 1. The van der Waals surface area contributed by atoms with Crippen LogP contribution in [0.25, 0.3) is 0 Å². The van der Waals surface area contributed by atoms with E-state index >= 15 is 0 Å². The highest BCUT2D eigenvalue weighted by atomic mass is 32.2. The summed E-state index contributed by atoms with van der Waals surface area (Å²) in [6.45, 7) is 5.58. The minimum Gasteiger partial charge on any atom is -0.493 e. The average molecular weight is 557 g/mol. The van der Waals surface area contributed by atoms with E-state index in [4.69, 9.17) is 8.92 Å². The number of benzene rings is 2.